The number of carbonyl (C=O) groups is 1. The molecule has 6 heteroatoms. The lowest BCUT2D eigenvalue weighted by molar-refractivity contribution is 0.102. The second-order valence-corrected chi connectivity index (χ2v) is 6.47. The molecule has 1 fully saturated rings. The number of aromatic nitrogens is 1. The molecule has 0 aliphatic carbocycles. The van der Waals surface area contributed by atoms with Crippen molar-refractivity contribution < 1.29 is 4.79 Å². The van der Waals surface area contributed by atoms with Crippen LogP contribution in [0.4, 0.5) is 11.6 Å². The molecule has 1 N–H and O–H groups in total. The van der Waals surface area contributed by atoms with Gasteiger partial charge in [-0.15, -0.1) is 0 Å². The van der Waals surface area contributed by atoms with E-state index in [4.69, 9.17) is 11.6 Å². The first-order valence-electron chi connectivity index (χ1n) is 8.01. The molecule has 24 heavy (non-hydrogen) atoms. The third kappa shape index (κ3) is 3.68. The fraction of sp³-hybridized carbons (Fsp3) is 0.333. The fourth-order valence-corrected chi connectivity index (χ4v) is 2.98. The zero-order valence-electron chi connectivity index (χ0n) is 13.9. The number of carbonyl (C=O) groups excluding carboxylic acids is 1. The average molecular weight is 345 g/mol. The Bertz CT molecular complexity index is 742. The molecule has 2 heterocycles. The molecule has 1 aromatic heterocycles. The van der Waals surface area contributed by atoms with Crippen molar-refractivity contribution in [3.63, 3.8) is 0 Å². The number of hydrogen-bond acceptors (Lipinski definition) is 4. The molecule has 0 radical (unpaired) electrons. The molecule has 0 unspecified atom stereocenters. The van der Waals surface area contributed by atoms with Gasteiger partial charge in [0, 0.05) is 26.2 Å². The number of nitrogens with one attached hydrogen (secondary N) is 1. The van der Waals surface area contributed by atoms with Crippen LogP contribution >= 0.6 is 11.6 Å². The minimum absolute atomic E-state index is 0.249. The number of halogens is 1. The largest absolute Gasteiger partial charge is 0.354 e. The second-order valence-electron chi connectivity index (χ2n) is 6.06. The van der Waals surface area contributed by atoms with Crippen molar-refractivity contribution >= 4 is 29.1 Å². The van der Waals surface area contributed by atoms with Crippen LogP contribution in [0.1, 0.15) is 15.9 Å². The number of hydrogen-bond donors (Lipinski definition) is 1. The molecule has 1 saturated heterocycles. The van der Waals surface area contributed by atoms with Crippen LogP contribution in [-0.2, 0) is 0 Å². The topological polar surface area (TPSA) is 48.5 Å². The van der Waals surface area contributed by atoms with Gasteiger partial charge in [-0.3, -0.25) is 4.79 Å². The molecule has 1 amide bonds. The maximum absolute atomic E-state index is 12.4. The van der Waals surface area contributed by atoms with E-state index in [2.05, 4.69) is 27.1 Å². The van der Waals surface area contributed by atoms with Gasteiger partial charge < -0.3 is 15.1 Å². The van der Waals surface area contributed by atoms with Crippen LogP contribution in [0.25, 0.3) is 0 Å². The molecule has 0 atom stereocenters. The van der Waals surface area contributed by atoms with Crippen LogP contribution in [0.15, 0.2) is 36.4 Å². The molecule has 0 bridgehead atoms. The van der Waals surface area contributed by atoms with Gasteiger partial charge in [-0.25, -0.2) is 4.98 Å². The molecule has 3 rings (SSSR count). The highest BCUT2D eigenvalue weighted by Gasteiger charge is 2.18. The van der Waals surface area contributed by atoms with Crippen molar-refractivity contribution in [3.8, 4) is 0 Å². The van der Waals surface area contributed by atoms with Crippen molar-refractivity contribution in [1.82, 2.24) is 9.88 Å². The Morgan fingerprint density at radius 1 is 1.12 bits per heavy atom. The molecular weight excluding hydrogens is 324 g/mol. The number of rotatable bonds is 3. The quantitative estimate of drug-likeness (QED) is 0.929. The molecular formula is C18H21ClN4O. The SMILES string of the molecule is Cc1ccc(NC(=O)c2ccccc2Cl)nc1N1CCN(C)CC1. The maximum atomic E-state index is 12.4. The summed E-state index contributed by atoms with van der Waals surface area (Å²) in [7, 11) is 2.12. The van der Waals surface area contributed by atoms with Crippen molar-refractivity contribution in [2.24, 2.45) is 0 Å². The molecule has 5 nitrogen and oxygen atoms in total. The van der Waals surface area contributed by atoms with Crippen molar-refractivity contribution in [2.75, 3.05) is 43.4 Å². The number of benzene rings is 1. The Hall–Kier alpha value is -2.11. The first kappa shape index (κ1) is 16.7. The highest BCUT2D eigenvalue weighted by Crippen LogP contribution is 2.22. The Labute approximate surface area is 147 Å². The van der Waals surface area contributed by atoms with E-state index in [9.17, 15) is 4.79 Å². The Morgan fingerprint density at radius 3 is 2.54 bits per heavy atom. The maximum Gasteiger partial charge on any atom is 0.258 e. The number of piperazine rings is 1. The predicted molar refractivity (Wildman–Crippen MR) is 98.1 cm³/mol. The highest BCUT2D eigenvalue weighted by atomic mass is 35.5. The summed E-state index contributed by atoms with van der Waals surface area (Å²) in [6, 6.07) is 10.8. The lowest BCUT2D eigenvalue weighted by atomic mass is 10.2. The Kier molecular flexibility index (Phi) is 5.02. The minimum Gasteiger partial charge on any atom is -0.354 e. The summed E-state index contributed by atoms with van der Waals surface area (Å²) in [4.78, 5) is 21.6. The van der Waals surface area contributed by atoms with Crippen LogP contribution in [-0.4, -0.2) is 49.0 Å². The van der Waals surface area contributed by atoms with Gasteiger partial charge in [-0.2, -0.15) is 0 Å². The predicted octanol–water partition coefficient (Wildman–Crippen LogP) is 3.05. The summed E-state index contributed by atoms with van der Waals surface area (Å²) < 4.78 is 0. The number of amides is 1. The Morgan fingerprint density at radius 2 is 1.83 bits per heavy atom. The van der Waals surface area contributed by atoms with Gasteiger partial charge in [0.15, 0.2) is 0 Å². The van der Waals surface area contributed by atoms with Crippen molar-refractivity contribution in [3.05, 3.63) is 52.5 Å². The third-order valence-corrected chi connectivity index (χ3v) is 4.56. The molecule has 0 spiro atoms. The van der Waals surface area contributed by atoms with Crippen LogP contribution in [0.5, 0.6) is 0 Å². The molecule has 1 aliphatic rings. The molecule has 1 aromatic carbocycles. The molecule has 2 aromatic rings. The van der Waals surface area contributed by atoms with Crippen LogP contribution < -0.4 is 10.2 Å². The average Bonchev–Trinajstić information content (AvgIpc) is 2.58. The van der Waals surface area contributed by atoms with E-state index in [1.807, 2.05) is 19.1 Å². The van der Waals surface area contributed by atoms with E-state index in [0.717, 1.165) is 37.6 Å². The van der Waals surface area contributed by atoms with Crippen LogP contribution in [0.2, 0.25) is 5.02 Å². The fourth-order valence-electron chi connectivity index (χ4n) is 2.75. The van der Waals surface area contributed by atoms with Gasteiger partial charge in [0.2, 0.25) is 0 Å². The van der Waals surface area contributed by atoms with Gasteiger partial charge in [-0.05, 0) is 37.7 Å². The highest BCUT2D eigenvalue weighted by molar-refractivity contribution is 6.34. The van der Waals surface area contributed by atoms with Crippen molar-refractivity contribution in [2.45, 2.75) is 6.92 Å². The summed E-state index contributed by atoms with van der Waals surface area (Å²) in [5.41, 5.74) is 1.55. The van der Waals surface area contributed by atoms with E-state index >= 15 is 0 Å². The summed E-state index contributed by atoms with van der Waals surface area (Å²) in [5.74, 6) is 1.22. The lowest BCUT2D eigenvalue weighted by Gasteiger charge is -2.34. The molecule has 1 aliphatic heterocycles. The lowest BCUT2D eigenvalue weighted by Crippen LogP contribution is -2.45. The van der Waals surface area contributed by atoms with E-state index < -0.39 is 0 Å². The summed E-state index contributed by atoms with van der Waals surface area (Å²) in [6.07, 6.45) is 0. The van der Waals surface area contributed by atoms with Crippen LogP contribution in [0, 0.1) is 6.92 Å². The van der Waals surface area contributed by atoms with E-state index in [1.165, 1.54) is 0 Å². The number of likely N-dealkylation sites (N-methyl/N-ethyl adjacent to an activating group) is 1. The first-order chi connectivity index (χ1) is 11.5. The van der Waals surface area contributed by atoms with Gasteiger partial charge >= 0.3 is 0 Å². The molecule has 126 valence electrons. The van der Waals surface area contributed by atoms with Gasteiger partial charge in [-0.1, -0.05) is 29.8 Å². The zero-order valence-corrected chi connectivity index (χ0v) is 14.7. The number of pyridine rings is 1. The number of anilines is 2. The standard InChI is InChI=1S/C18H21ClN4O/c1-13-7-8-16(20-17(13)23-11-9-22(2)10-12-23)21-18(24)14-5-3-4-6-15(14)19/h3-8H,9-12H2,1-2H3,(H,20,21,24). The smallest absolute Gasteiger partial charge is 0.258 e. The summed E-state index contributed by atoms with van der Waals surface area (Å²) >= 11 is 6.08. The summed E-state index contributed by atoms with van der Waals surface area (Å²) in [5, 5.41) is 3.27. The van der Waals surface area contributed by atoms with E-state index in [-0.39, 0.29) is 5.91 Å². The van der Waals surface area contributed by atoms with Gasteiger partial charge in [0.25, 0.3) is 5.91 Å². The first-order valence-corrected chi connectivity index (χ1v) is 8.39. The third-order valence-electron chi connectivity index (χ3n) is 4.23. The van der Waals surface area contributed by atoms with Gasteiger partial charge in [0.05, 0.1) is 10.6 Å². The molecule has 0 saturated carbocycles. The normalized spacial score (nSPS) is 15.4. The van der Waals surface area contributed by atoms with Crippen molar-refractivity contribution in [1.29, 1.82) is 0 Å². The van der Waals surface area contributed by atoms with Gasteiger partial charge in [0.1, 0.15) is 11.6 Å². The second kappa shape index (κ2) is 7.20. The Balaban J connectivity index is 1.79. The van der Waals surface area contributed by atoms with E-state index in [0.29, 0.717) is 16.4 Å². The minimum atomic E-state index is -0.249. The summed E-state index contributed by atoms with van der Waals surface area (Å²) in [6.45, 7) is 5.94. The zero-order chi connectivity index (χ0) is 17.1. The monoisotopic (exact) mass is 344 g/mol. The van der Waals surface area contributed by atoms with Crippen LogP contribution in [0.3, 0.4) is 0 Å². The number of aryl methyl sites for hydroxylation is 1. The van der Waals surface area contributed by atoms with E-state index in [1.54, 1.807) is 24.3 Å². The number of nitrogens with zero attached hydrogens (tertiary/aromatic N) is 3.